The lowest BCUT2D eigenvalue weighted by Crippen LogP contribution is -2.38. The second kappa shape index (κ2) is 7.73. The van der Waals surface area contributed by atoms with Crippen LogP contribution in [0.25, 0.3) is 0 Å². The van der Waals surface area contributed by atoms with Crippen molar-refractivity contribution in [3.8, 4) is 0 Å². The number of carbonyl (C=O) groups is 1. The van der Waals surface area contributed by atoms with Gasteiger partial charge in [0.1, 0.15) is 0 Å². The molecule has 3 N–H and O–H groups in total. The Bertz CT molecular complexity index is 162. The highest BCUT2D eigenvalue weighted by Gasteiger charge is 2.20. The maximum atomic E-state index is 11.4. The van der Waals surface area contributed by atoms with Gasteiger partial charge in [-0.2, -0.15) is 0 Å². The minimum absolute atomic E-state index is 0.168. The Morgan fingerprint density at radius 3 is 2.50 bits per heavy atom. The van der Waals surface area contributed by atoms with Crippen LogP contribution in [0.2, 0.25) is 0 Å². The zero-order valence-electron chi connectivity index (χ0n) is 9.08. The Morgan fingerprint density at radius 1 is 1.43 bits per heavy atom. The van der Waals surface area contributed by atoms with Crippen LogP contribution >= 0.6 is 0 Å². The summed E-state index contributed by atoms with van der Waals surface area (Å²) < 4.78 is 4.76. The molecule has 0 saturated heterocycles. The van der Waals surface area contributed by atoms with Gasteiger partial charge >= 0.3 is 0 Å². The van der Waals surface area contributed by atoms with Crippen molar-refractivity contribution in [3.63, 3.8) is 0 Å². The van der Waals surface area contributed by atoms with E-state index in [2.05, 4.69) is 5.48 Å². The normalized spacial score (nSPS) is 12.9. The zero-order valence-corrected chi connectivity index (χ0v) is 9.08. The molecule has 1 unspecified atom stereocenters. The smallest absolute Gasteiger partial charge is 0.248 e. The number of carbonyl (C=O) groups excluding carboxylic acids is 1. The zero-order chi connectivity index (χ0) is 11.0. The lowest BCUT2D eigenvalue weighted by atomic mass is 9.96. The first-order valence-corrected chi connectivity index (χ1v) is 4.74. The molecule has 0 aromatic rings. The number of amides is 1. The standard InChI is InChI=1S/C9H20N2O3/c1-7(2)8(6-10)9(12)11-14-5-4-13-3/h7-8H,4-6,10H2,1-3H3,(H,11,12). The third kappa shape index (κ3) is 5.16. The van der Waals surface area contributed by atoms with Gasteiger partial charge in [-0.3, -0.25) is 9.63 Å². The highest BCUT2D eigenvalue weighted by molar-refractivity contribution is 5.78. The third-order valence-electron chi connectivity index (χ3n) is 1.96. The van der Waals surface area contributed by atoms with Crippen LogP contribution in [0.5, 0.6) is 0 Å². The Hall–Kier alpha value is -0.650. The lowest BCUT2D eigenvalue weighted by molar-refractivity contribution is -0.139. The summed E-state index contributed by atoms with van der Waals surface area (Å²) in [4.78, 5) is 16.3. The van der Waals surface area contributed by atoms with Crippen LogP contribution in [-0.4, -0.2) is 32.8 Å². The fourth-order valence-corrected chi connectivity index (χ4v) is 1.00. The van der Waals surface area contributed by atoms with Crippen molar-refractivity contribution in [2.24, 2.45) is 17.6 Å². The van der Waals surface area contributed by atoms with E-state index in [-0.39, 0.29) is 17.7 Å². The molecule has 0 aliphatic heterocycles. The molecule has 0 radical (unpaired) electrons. The number of methoxy groups -OCH3 is 1. The molecule has 0 spiro atoms. The molecule has 0 rings (SSSR count). The summed E-state index contributed by atoms with van der Waals surface area (Å²) in [7, 11) is 1.57. The van der Waals surface area contributed by atoms with Gasteiger partial charge in [0.25, 0.3) is 0 Å². The first-order chi connectivity index (χ1) is 6.63. The second-order valence-corrected chi connectivity index (χ2v) is 3.39. The molecular formula is C9H20N2O3. The second-order valence-electron chi connectivity index (χ2n) is 3.39. The molecule has 0 aromatic heterocycles. The Kier molecular flexibility index (Phi) is 7.37. The molecule has 0 aromatic carbocycles. The van der Waals surface area contributed by atoms with Crippen LogP contribution in [0.1, 0.15) is 13.8 Å². The topological polar surface area (TPSA) is 73.6 Å². The van der Waals surface area contributed by atoms with Crippen LogP contribution < -0.4 is 11.2 Å². The summed E-state index contributed by atoms with van der Waals surface area (Å²) in [5.41, 5.74) is 7.81. The molecule has 5 heteroatoms. The van der Waals surface area contributed by atoms with Crippen molar-refractivity contribution >= 4 is 5.91 Å². The largest absolute Gasteiger partial charge is 0.382 e. The molecule has 1 amide bonds. The van der Waals surface area contributed by atoms with Gasteiger partial charge in [0, 0.05) is 13.7 Å². The average molecular weight is 204 g/mol. The summed E-state index contributed by atoms with van der Waals surface area (Å²) >= 11 is 0. The number of nitrogens with two attached hydrogens (primary N) is 1. The van der Waals surface area contributed by atoms with Gasteiger partial charge in [-0.1, -0.05) is 13.8 Å². The van der Waals surface area contributed by atoms with Gasteiger partial charge < -0.3 is 10.5 Å². The van der Waals surface area contributed by atoms with Gasteiger partial charge in [0.2, 0.25) is 5.91 Å². The van der Waals surface area contributed by atoms with Crippen molar-refractivity contribution in [3.05, 3.63) is 0 Å². The first-order valence-electron chi connectivity index (χ1n) is 4.74. The molecular weight excluding hydrogens is 184 g/mol. The molecule has 0 saturated carbocycles. The van der Waals surface area contributed by atoms with Crippen molar-refractivity contribution in [1.29, 1.82) is 0 Å². The van der Waals surface area contributed by atoms with Crippen LogP contribution in [-0.2, 0) is 14.4 Å². The van der Waals surface area contributed by atoms with Gasteiger partial charge in [0.05, 0.1) is 19.1 Å². The number of hydrogen-bond donors (Lipinski definition) is 2. The maximum Gasteiger partial charge on any atom is 0.248 e. The maximum absolute atomic E-state index is 11.4. The summed E-state index contributed by atoms with van der Waals surface area (Å²) in [5.74, 6) is -0.151. The van der Waals surface area contributed by atoms with Crippen LogP contribution in [0, 0.1) is 11.8 Å². The molecule has 84 valence electrons. The van der Waals surface area contributed by atoms with E-state index in [0.717, 1.165) is 0 Å². The molecule has 14 heavy (non-hydrogen) atoms. The van der Waals surface area contributed by atoms with Gasteiger partial charge in [0.15, 0.2) is 0 Å². The summed E-state index contributed by atoms with van der Waals surface area (Å²) in [6, 6.07) is 0. The van der Waals surface area contributed by atoms with Gasteiger partial charge in [-0.15, -0.1) is 0 Å². The predicted octanol–water partition coefficient (Wildman–Crippen LogP) is -0.0885. The summed E-state index contributed by atoms with van der Waals surface area (Å²) in [6.07, 6.45) is 0. The molecule has 0 bridgehead atoms. The van der Waals surface area contributed by atoms with E-state index >= 15 is 0 Å². The fraction of sp³-hybridized carbons (Fsp3) is 0.889. The number of hydroxylamine groups is 1. The van der Waals surface area contributed by atoms with Crippen molar-refractivity contribution in [2.45, 2.75) is 13.8 Å². The number of ether oxygens (including phenoxy) is 1. The van der Waals surface area contributed by atoms with Crippen molar-refractivity contribution in [1.82, 2.24) is 5.48 Å². The minimum atomic E-state index is -0.197. The van der Waals surface area contributed by atoms with E-state index in [1.165, 1.54) is 0 Å². The van der Waals surface area contributed by atoms with Crippen LogP contribution in [0.3, 0.4) is 0 Å². The first kappa shape index (κ1) is 13.4. The van der Waals surface area contributed by atoms with Gasteiger partial charge in [-0.25, -0.2) is 5.48 Å². The molecule has 0 fully saturated rings. The van der Waals surface area contributed by atoms with Crippen molar-refractivity contribution < 1.29 is 14.4 Å². The van der Waals surface area contributed by atoms with Gasteiger partial charge in [-0.05, 0) is 5.92 Å². The molecule has 1 atom stereocenters. The number of rotatable bonds is 7. The third-order valence-corrected chi connectivity index (χ3v) is 1.96. The Balaban J connectivity index is 3.70. The highest BCUT2D eigenvalue weighted by Crippen LogP contribution is 2.08. The molecule has 5 nitrogen and oxygen atoms in total. The molecule has 0 aliphatic rings. The highest BCUT2D eigenvalue weighted by atomic mass is 16.7. The SMILES string of the molecule is COCCONC(=O)C(CN)C(C)C. The van der Waals surface area contributed by atoms with E-state index in [1.54, 1.807) is 7.11 Å². The predicted molar refractivity (Wildman–Crippen MR) is 53.4 cm³/mol. The molecule has 0 aliphatic carbocycles. The van der Waals surface area contributed by atoms with Crippen LogP contribution in [0.4, 0.5) is 0 Å². The van der Waals surface area contributed by atoms with E-state index in [4.69, 9.17) is 15.3 Å². The minimum Gasteiger partial charge on any atom is -0.382 e. The van der Waals surface area contributed by atoms with E-state index < -0.39 is 0 Å². The van der Waals surface area contributed by atoms with Crippen LogP contribution in [0.15, 0.2) is 0 Å². The Morgan fingerprint density at radius 2 is 2.07 bits per heavy atom. The summed E-state index contributed by atoms with van der Waals surface area (Å²) in [5, 5.41) is 0. The van der Waals surface area contributed by atoms with Crippen molar-refractivity contribution in [2.75, 3.05) is 26.9 Å². The average Bonchev–Trinajstić information content (AvgIpc) is 2.13. The van der Waals surface area contributed by atoms with E-state index in [0.29, 0.717) is 19.8 Å². The lowest BCUT2D eigenvalue weighted by Gasteiger charge is -2.17. The fourth-order valence-electron chi connectivity index (χ4n) is 1.00. The van der Waals surface area contributed by atoms with E-state index in [1.807, 2.05) is 13.8 Å². The monoisotopic (exact) mass is 204 g/mol. The molecule has 0 heterocycles. The summed E-state index contributed by atoms with van der Waals surface area (Å²) in [6.45, 7) is 5.03. The quantitative estimate of drug-likeness (QED) is 0.449. The Labute approximate surface area is 84.9 Å². The number of nitrogens with one attached hydrogen (secondary N) is 1. The number of hydrogen-bond acceptors (Lipinski definition) is 4. The van der Waals surface area contributed by atoms with E-state index in [9.17, 15) is 4.79 Å².